The monoisotopic (exact) mass is 301 g/mol. The molecule has 0 amide bonds. The molecule has 0 spiro atoms. The molecule has 4 heteroatoms. The minimum atomic E-state index is 0.0867. The highest BCUT2D eigenvalue weighted by Gasteiger charge is 2.24. The lowest BCUT2D eigenvalue weighted by Crippen LogP contribution is -2.16. The molecule has 0 bridgehead atoms. The molecule has 21 heavy (non-hydrogen) atoms. The van der Waals surface area contributed by atoms with Gasteiger partial charge in [0.15, 0.2) is 5.78 Å². The van der Waals surface area contributed by atoms with Crippen molar-refractivity contribution in [3.05, 3.63) is 64.7 Å². The van der Waals surface area contributed by atoms with Crippen LogP contribution in [0.1, 0.15) is 30.1 Å². The van der Waals surface area contributed by atoms with E-state index in [9.17, 15) is 4.79 Å². The van der Waals surface area contributed by atoms with E-state index < -0.39 is 0 Å². The molecule has 0 saturated heterocycles. The molecule has 1 aromatic heterocycles. The van der Waals surface area contributed by atoms with Crippen molar-refractivity contribution < 1.29 is 9.21 Å². The second kappa shape index (κ2) is 5.78. The van der Waals surface area contributed by atoms with Gasteiger partial charge in [-0.25, -0.2) is 0 Å². The number of ketones is 1. The van der Waals surface area contributed by atoms with E-state index in [2.05, 4.69) is 5.32 Å². The van der Waals surface area contributed by atoms with Gasteiger partial charge in [-0.1, -0.05) is 17.7 Å². The van der Waals surface area contributed by atoms with Crippen LogP contribution in [0, 0.1) is 6.92 Å². The molecule has 0 fully saturated rings. The fourth-order valence-corrected chi connectivity index (χ4v) is 2.78. The van der Waals surface area contributed by atoms with Gasteiger partial charge < -0.3 is 9.73 Å². The van der Waals surface area contributed by atoms with E-state index in [1.54, 1.807) is 12.3 Å². The molecular weight excluding hydrogens is 286 g/mol. The smallest absolute Gasteiger partial charge is 0.158 e. The Morgan fingerprint density at radius 1 is 1.29 bits per heavy atom. The average Bonchev–Trinajstić information content (AvgIpc) is 2.96. The zero-order valence-electron chi connectivity index (χ0n) is 11.7. The predicted molar refractivity (Wildman–Crippen MR) is 83.6 cm³/mol. The third kappa shape index (κ3) is 3.19. The minimum absolute atomic E-state index is 0.0867. The molecule has 0 radical (unpaired) electrons. The highest BCUT2D eigenvalue weighted by Crippen LogP contribution is 2.33. The van der Waals surface area contributed by atoms with E-state index in [4.69, 9.17) is 16.0 Å². The largest absolute Gasteiger partial charge is 0.469 e. The lowest BCUT2D eigenvalue weighted by Gasteiger charge is -2.22. The number of benzene rings is 1. The first-order chi connectivity index (χ1) is 10.1. The van der Waals surface area contributed by atoms with Crippen LogP contribution in [0.4, 0.5) is 5.69 Å². The van der Waals surface area contributed by atoms with Crippen molar-refractivity contribution in [3.8, 4) is 0 Å². The van der Waals surface area contributed by atoms with Crippen LogP contribution in [0.25, 0.3) is 0 Å². The summed E-state index contributed by atoms with van der Waals surface area (Å²) in [5, 5.41) is 3.93. The first-order valence-corrected chi connectivity index (χ1v) is 7.29. The topological polar surface area (TPSA) is 42.2 Å². The van der Waals surface area contributed by atoms with Crippen molar-refractivity contribution in [2.24, 2.45) is 0 Å². The fourth-order valence-electron chi connectivity index (χ4n) is 2.61. The number of furan rings is 1. The Morgan fingerprint density at radius 2 is 2.14 bits per heavy atom. The van der Waals surface area contributed by atoms with E-state index in [0.717, 1.165) is 29.1 Å². The molecule has 3 nitrogen and oxygen atoms in total. The number of hydrogen-bond acceptors (Lipinski definition) is 3. The Labute approximate surface area is 128 Å². The predicted octanol–water partition coefficient (Wildman–Crippen LogP) is 4.68. The van der Waals surface area contributed by atoms with Crippen molar-refractivity contribution in [2.75, 3.05) is 5.32 Å². The number of halogens is 1. The number of nitrogens with one attached hydrogen (secondary N) is 1. The number of carbonyl (C=O) groups excluding carboxylic acids is 1. The second-order valence-corrected chi connectivity index (χ2v) is 5.77. The zero-order chi connectivity index (χ0) is 14.8. The van der Waals surface area contributed by atoms with E-state index in [1.807, 2.05) is 37.3 Å². The Balaban J connectivity index is 1.81. The summed E-state index contributed by atoms with van der Waals surface area (Å²) in [5.74, 6) is 1.04. The van der Waals surface area contributed by atoms with Crippen LogP contribution in [0.15, 0.2) is 52.8 Å². The molecule has 0 aliphatic heterocycles. The Morgan fingerprint density at radius 3 is 2.90 bits per heavy atom. The normalized spacial score (nSPS) is 18.5. The second-order valence-electron chi connectivity index (χ2n) is 5.36. The van der Waals surface area contributed by atoms with Gasteiger partial charge in [-0.15, -0.1) is 0 Å². The molecule has 1 N–H and O–H groups in total. The van der Waals surface area contributed by atoms with Gasteiger partial charge in [0, 0.05) is 24.1 Å². The zero-order valence-corrected chi connectivity index (χ0v) is 12.5. The molecule has 1 heterocycles. The summed E-state index contributed by atoms with van der Waals surface area (Å²) in [5.41, 5.74) is 2.82. The number of anilines is 1. The van der Waals surface area contributed by atoms with Crippen LogP contribution in [0.5, 0.6) is 0 Å². The molecule has 108 valence electrons. The van der Waals surface area contributed by atoms with E-state index in [0.29, 0.717) is 11.4 Å². The van der Waals surface area contributed by atoms with Crippen LogP contribution in [0.2, 0.25) is 5.02 Å². The van der Waals surface area contributed by atoms with E-state index in [1.165, 1.54) is 0 Å². The molecule has 1 unspecified atom stereocenters. The summed E-state index contributed by atoms with van der Waals surface area (Å²) < 4.78 is 5.43. The highest BCUT2D eigenvalue weighted by molar-refractivity contribution is 6.33. The van der Waals surface area contributed by atoms with E-state index >= 15 is 0 Å². The lowest BCUT2D eigenvalue weighted by molar-refractivity contribution is -0.115. The average molecular weight is 302 g/mol. The van der Waals surface area contributed by atoms with Gasteiger partial charge in [0.05, 0.1) is 17.0 Å². The van der Waals surface area contributed by atoms with Crippen LogP contribution >= 0.6 is 11.6 Å². The molecule has 1 aromatic carbocycles. The third-order valence-corrected chi connectivity index (χ3v) is 3.94. The van der Waals surface area contributed by atoms with Crippen molar-refractivity contribution >= 4 is 23.1 Å². The maximum Gasteiger partial charge on any atom is 0.158 e. The maximum atomic E-state index is 11.9. The number of aryl methyl sites for hydroxylation is 1. The Kier molecular flexibility index (Phi) is 3.84. The quantitative estimate of drug-likeness (QED) is 0.894. The van der Waals surface area contributed by atoms with Crippen LogP contribution in [0.3, 0.4) is 0 Å². The maximum absolute atomic E-state index is 11.9. The fraction of sp³-hybridized carbons (Fsp3) is 0.235. The Bertz CT molecular complexity index is 689. The summed E-state index contributed by atoms with van der Waals surface area (Å²) in [4.78, 5) is 11.9. The molecule has 3 rings (SSSR count). The van der Waals surface area contributed by atoms with Crippen molar-refractivity contribution in [2.45, 2.75) is 25.7 Å². The van der Waals surface area contributed by atoms with Crippen LogP contribution < -0.4 is 5.32 Å². The van der Waals surface area contributed by atoms with Gasteiger partial charge in [-0.05, 0) is 43.2 Å². The minimum Gasteiger partial charge on any atom is -0.469 e. The van der Waals surface area contributed by atoms with Crippen molar-refractivity contribution in [3.63, 3.8) is 0 Å². The lowest BCUT2D eigenvalue weighted by atomic mass is 9.89. The number of hydrogen-bond donors (Lipinski definition) is 1. The number of rotatable bonds is 3. The molecule has 0 saturated carbocycles. The first-order valence-electron chi connectivity index (χ1n) is 6.92. The SMILES string of the molecule is Cc1ccc(Cl)c(NC2=CC(=O)CC(c3ccco3)C2)c1. The summed E-state index contributed by atoms with van der Waals surface area (Å²) in [6, 6.07) is 9.56. The van der Waals surface area contributed by atoms with Gasteiger partial charge in [-0.3, -0.25) is 4.79 Å². The highest BCUT2D eigenvalue weighted by atomic mass is 35.5. The summed E-state index contributed by atoms with van der Waals surface area (Å²) in [6.45, 7) is 2.01. The molecule has 1 atom stereocenters. The molecule has 1 aliphatic carbocycles. The number of allylic oxidation sites excluding steroid dienone is 2. The van der Waals surface area contributed by atoms with E-state index in [-0.39, 0.29) is 11.7 Å². The van der Waals surface area contributed by atoms with Crippen molar-refractivity contribution in [1.82, 2.24) is 0 Å². The number of carbonyl (C=O) groups is 1. The van der Waals surface area contributed by atoms with Crippen LogP contribution in [-0.2, 0) is 4.79 Å². The summed E-state index contributed by atoms with van der Waals surface area (Å²) in [7, 11) is 0. The van der Waals surface area contributed by atoms with Crippen molar-refractivity contribution in [1.29, 1.82) is 0 Å². The first kappa shape index (κ1) is 14.0. The third-order valence-electron chi connectivity index (χ3n) is 3.61. The van der Waals surface area contributed by atoms with Crippen LogP contribution in [-0.4, -0.2) is 5.78 Å². The standard InChI is InChI=1S/C17H16ClNO2/c1-11-4-5-15(18)16(7-11)19-13-8-12(9-14(20)10-13)17-3-2-6-21-17/h2-7,10,12,19H,8-9H2,1H3. The Hall–Kier alpha value is -2.00. The van der Waals surface area contributed by atoms with Gasteiger partial charge in [0.1, 0.15) is 5.76 Å². The van der Waals surface area contributed by atoms with Gasteiger partial charge in [0.25, 0.3) is 0 Å². The van der Waals surface area contributed by atoms with Gasteiger partial charge in [-0.2, -0.15) is 0 Å². The summed E-state index contributed by atoms with van der Waals surface area (Å²) >= 11 is 6.19. The van der Waals surface area contributed by atoms with Gasteiger partial charge >= 0.3 is 0 Å². The molecular formula is C17H16ClNO2. The van der Waals surface area contributed by atoms with Gasteiger partial charge in [0.2, 0.25) is 0 Å². The molecule has 2 aromatic rings. The summed E-state index contributed by atoms with van der Waals surface area (Å²) in [6.07, 6.45) is 4.53. The molecule has 1 aliphatic rings.